The number of hydrogen-bond donors (Lipinski definition) is 1. The second-order valence-electron chi connectivity index (χ2n) is 6.45. The highest BCUT2D eigenvalue weighted by molar-refractivity contribution is 14.0. The molecule has 0 atom stereocenters. The van der Waals surface area contributed by atoms with E-state index in [2.05, 4.69) is 20.4 Å². The normalized spacial score (nSPS) is 11.0. The Labute approximate surface area is 198 Å². The van der Waals surface area contributed by atoms with Crippen LogP contribution in [0.5, 0.6) is 5.75 Å². The Hall–Kier alpha value is -2.33. The van der Waals surface area contributed by atoms with Crippen LogP contribution in [0.2, 0.25) is 5.02 Å². The highest BCUT2D eigenvalue weighted by Crippen LogP contribution is 2.20. The van der Waals surface area contributed by atoms with Gasteiger partial charge in [-0.3, -0.25) is 4.99 Å². The fourth-order valence-electron chi connectivity index (χ4n) is 2.85. The van der Waals surface area contributed by atoms with Gasteiger partial charge in [0.25, 0.3) is 0 Å². The summed E-state index contributed by atoms with van der Waals surface area (Å²) in [6.45, 7) is 1.35. The first-order valence-electron chi connectivity index (χ1n) is 9.22. The van der Waals surface area contributed by atoms with E-state index in [0.29, 0.717) is 29.7 Å². The quantitative estimate of drug-likeness (QED) is 0.274. The molecule has 3 rings (SSSR count). The summed E-state index contributed by atoms with van der Waals surface area (Å²) in [7, 11) is 5.41. The zero-order valence-corrected chi connectivity index (χ0v) is 20.2. The third-order valence-corrected chi connectivity index (χ3v) is 4.56. The average Bonchev–Trinajstić information content (AvgIpc) is 3.21. The number of aliphatic imine (C=N–C) groups is 1. The first kappa shape index (κ1) is 23.9. The number of guanidine groups is 1. The fraction of sp³-hybridized carbons (Fsp3) is 0.286. The average molecular weight is 542 g/mol. The molecule has 0 spiro atoms. The standard InChI is InChI=1S/C21H24ClN5O2.HI/c1-23-21(27(2)14-15-7-9-18(28-3)10-8-15)24-12-11-19-25-20(26-29-19)16-5-4-6-17(22)13-16;/h4-10,13H,11-12,14H2,1-3H3,(H,23,24);1H. The monoisotopic (exact) mass is 541 g/mol. The van der Waals surface area contributed by atoms with Gasteiger partial charge in [0.1, 0.15) is 5.75 Å². The number of ether oxygens (including phenoxy) is 1. The van der Waals surface area contributed by atoms with Gasteiger partial charge in [-0.05, 0) is 29.8 Å². The Kier molecular flexibility index (Phi) is 9.38. The lowest BCUT2D eigenvalue weighted by molar-refractivity contribution is 0.377. The molecule has 0 aliphatic carbocycles. The molecular weight excluding hydrogens is 517 g/mol. The van der Waals surface area contributed by atoms with Crippen LogP contribution in [0.1, 0.15) is 11.5 Å². The van der Waals surface area contributed by atoms with E-state index in [9.17, 15) is 0 Å². The van der Waals surface area contributed by atoms with Gasteiger partial charge >= 0.3 is 0 Å². The van der Waals surface area contributed by atoms with E-state index in [-0.39, 0.29) is 24.0 Å². The van der Waals surface area contributed by atoms with Crippen LogP contribution >= 0.6 is 35.6 Å². The number of nitrogens with zero attached hydrogens (tertiary/aromatic N) is 4. The summed E-state index contributed by atoms with van der Waals surface area (Å²) in [4.78, 5) is 10.8. The molecule has 0 bridgehead atoms. The highest BCUT2D eigenvalue weighted by atomic mass is 127. The summed E-state index contributed by atoms with van der Waals surface area (Å²) >= 11 is 6.02. The van der Waals surface area contributed by atoms with Crippen LogP contribution in [0.3, 0.4) is 0 Å². The van der Waals surface area contributed by atoms with Gasteiger partial charge < -0.3 is 19.5 Å². The van der Waals surface area contributed by atoms with Crippen molar-refractivity contribution < 1.29 is 9.26 Å². The van der Waals surface area contributed by atoms with Crippen LogP contribution in [0.4, 0.5) is 0 Å². The van der Waals surface area contributed by atoms with Gasteiger partial charge in [0.05, 0.1) is 7.11 Å². The lowest BCUT2D eigenvalue weighted by atomic mass is 10.2. The topological polar surface area (TPSA) is 75.8 Å². The zero-order chi connectivity index (χ0) is 20.6. The summed E-state index contributed by atoms with van der Waals surface area (Å²) in [6, 6.07) is 15.4. The number of nitrogens with one attached hydrogen (secondary N) is 1. The van der Waals surface area contributed by atoms with Crippen LogP contribution in [0, 0.1) is 0 Å². The Morgan fingerprint density at radius 3 is 2.67 bits per heavy atom. The molecule has 0 aliphatic heterocycles. The minimum absolute atomic E-state index is 0. The summed E-state index contributed by atoms with van der Waals surface area (Å²) in [5, 5.41) is 7.99. The predicted octanol–water partition coefficient (Wildman–Crippen LogP) is 4.27. The van der Waals surface area contributed by atoms with E-state index in [4.69, 9.17) is 20.9 Å². The number of rotatable bonds is 7. The molecular formula is C21H25ClIN5O2. The van der Waals surface area contributed by atoms with Crippen molar-refractivity contribution in [2.24, 2.45) is 4.99 Å². The van der Waals surface area contributed by atoms with Crippen molar-refractivity contribution >= 4 is 41.5 Å². The smallest absolute Gasteiger partial charge is 0.228 e. The van der Waals surface area contributed by atoms with Gasteiger partial charge in [-0.25, -0.2) is 0 Å². The molecule has 9 heteroatoms. The molecule has 2 aromatic carbocycles. The first-order chi connectivity index (χ1) is 14.1. The maximum absolute atomic E-state index is 6.02. The van der Waals surface area contributed by atoms with Crippen molar-refractivity contribution in [2.75, 3.05) is 27.7 Å². The molecule has 1 heterocycles. The zero-order valence-electron chi connectivity index (χ0n) is 17.1. The van der Waals surface area contributed by atoms with Crippen LogP contribution in [-0.4, -0.2) is 48.8 Å². The van der Waals surface area contributed by atoms with Gasteiger partial charge in [-0.1, -0.05) is 41.0 Å². The van der Waals surface area contributed by atoms with Crippen LogP contribution in [-0.2, 0) is 13.0 Å². The highest BCUT2D eigenvalue weighted by Gasteiger charge is 2.11. The second kappa shape index (κ2) is 11.8. The largest absolute Gasteiger partial charge is 0.497 e. The lowest BCUT2D eigenvalue weighted by Gasteiger charge is -2.22. The molecule has 0 aliphatic rings. The Bertz CT molecular complexity index is 962. The maximum Gasteiger partial charge on any atom is 0.228 e. The Balaban J connectivity index is 0.00000320. The third-order valence-electron chi connectivity index (χ3n) is 4.33. The van der Waals surface area contributed by atoms with E-state index >= 15 is 0 Å². The van der Waals surface area contributed by atoms with Gasteiger partial charge in [0.15, 0.2) is 5.96 Å². The van der Waals surface area contributed by atoms with Crippen molar-refractivity contribution in [3.8, 4) is 17.1 Å². The van der Waals surface area contributed by atoms with Gasteiger partial charge in [0, 0.05) is 44.2 Å². The van der Waals surface area contributed by atoms with Crippen LogP contribution in [0.15, 0.2) is 58.0 Å². The Morgan fingerprint density at radius 2 is 2.00 bits per heavy atom. The maximum atomic E-state index is 6.02. The van der Waals surface area contributed by atoms with Crippen molar-refractivity contribution in [3.63, 3.8) is 0 Å². The molecule has 7 nitrogen and oxygen atoms in total. The number of halogens is 2. The van der Waals surface area contributed by atoms with Gasteiger partial charge in [0.2, 0.25) is 11.7 Å². The predicted molar refractivity (Wildman–Crippen MR) is 130 cm³/mol. The van der Waals surface area contributed by atoms with E-state index in [0.717, 1.165) is 23.8 Å². The van der Waals surface area contributed by atoms with Crippen LogP contribution < -0.4 is 10.1 Å². The molecule has 0 radical (unpaired) electrons. The summed E-state index contributed by atoms with van der Waals surface area (Å²) in [5.41, 5.74) is 2.00. The number of methoxy groups -OCH3 is 1. The van der Waals surface area contributed by atoms with E-state index < -0.39 is 0 Å². The molecule has 1 N–H and O–H groups in total. The van der Waals surface area contributed by atoms with Gasteiger partial charge in [-0.2, -0.15) is 4.98 Å². The molecule has 30 heavy (non-hydrogen) atoms. The second-order valence-corrected chi connectivity index (χ2v) is 6.89. The summed E-state index contributed by atoms with van der Waals surface area (Å²) in [6.07, 6.45) is 0.586. The molecule has 0 unspecified atom stereocenters. The Morgan fingerprint density at radius 1 is 1.23 bits per heavy atom. The summed E-state index contributed by atoms with van der Waals surface area (Å²) < 4.78 is 10.5. The summed E-state index contributed by atoms with van der Waals surface area (Å²) in [5.74, 6) is 2.72. The fourth-order valence-corrected chi connectivity index (χ4v) is 3.04. The number of hydrogen-bond acceptors (Lipinski definition) is 5. The van der Waals surface area contributed by atoms with Gasteiger partial charge in [-0.15, -0.1) is 24.0 Å². The third kappa shape index (κ3) is 6.60. The first-order valence-corrected chi connectivity index (χ1v) is 9.60. The molecule has 1 aromatic heterocycles. The van der Waals surface area contributed by atoms with E-state index in [1.807, 2.05) is 60.5 Å². The van der Waals surface area contributed by atoms with Crippen LogP contribution in [0.25, 0.3) is 11.4 Å². The molecule has 0 fully saturated rings. The SMILES string of the molecule is CN=C(NCCc1nc(-c2cccc(Cl)c2)no1)N(C)Cc1ccc(OC)cc1.I. The van der Waals surface area contributed by atoms with E-state index in [1.165, 1.54) is 5.56 Å². The number of benzene rings is 2. The van der Waals surface area contributed by atoms with Crippen molar-refractivity contribution in [2.45, 2.75) is 13.0 Å². The minimum atomic E-state index is 0. The molecule has 0 amide bonds. The molecule has 0 saturated carbocycles. The molecule has 160 valence electrons. The molecule has 0 saturated heterocycles. The van der Waals surface area contributed by atoms with Crippen molar-refractivity contribution in [3.05, 3.63) is 65.0 Å². The molecule has 3 aromatic rings. The van der Waals surface area contributed by atoms with E-state index in [1.54, 1.807) is 14.2 Å². The lowest BCUT2D eigenvalue weighted by Crippen LogP contribution is -2.39. The number of aromatic nitrogens is 2. The van der Waals surface area contributed by atoms with Crippen molar-refractivity contribution in [1.82, 2.24) is 20.4 Å². The van der Waals surface area contributed by atoms with Crippen molar-refractivity contribution in [1.29, 1.82) is 0 Å². The minimum Gasteiger partial charge on any atom is -0.497 e.